The van der Waals surface area contributed by atoms with Gasteiger partial charge in [0, 0.05) is 44.4 Å². The maximum atomic E-state index is 12.6. The lowest BCUT2D eigenvalue weighted by Gasteiger charge is -2.15. The van der Waals surface area contributed by atoms with Gasteiger partial charge in [0.05, 0.1) is 11.4 Å². The zero-order valence-electron chi connectivity index (χ0n) is 15.2. The molecule has 0 N–H and O–H groups in total. The van der Waals surface area contributed by atoms with E-state index in [1.165, 1.54) is 0 Å². The Morgan fingerprint density at radius 1 is 1.24 bits per heavy atom. The number of aromatic nitrogens is 3. The van der Waals surface area contributed by atoms with E-state index in [2.05, 4.69) is 10.3 Å². The largest absolute Gasteiger partial charge is 0.456 e. The zero-order valence-corrected chi connectivity index (χ0v) is 15.2. The Morgan fingerprint density at radius 3 is 2.60 bits per heavy atom. The molecule has 132 valence electrons. The van der Waals surface area contributed by atoms with Crippen molar-refractivity contribution in [2.45, 2.75) is 33.7 Å². The minimum atomic E-state index is -0.159. The summed E-state index contributed by atoms with van der Waals surface area (Å²) in [4.78, 5) is 14.2. The van der Waals surface area contributed by atoms with Crippen molar-refractivity contribution in [2.75, 3.05) is 7.05 Å². The minimum absolute atomic E-state index is 0.159. The fourth-order valence-corrected chi connectivity index (χ4v) is 2.84. The fourth-order valence-electron chi connectivity index (χ4n) is 2.84. The van der Waals surface area contributed by atoms with Crippen molar-refractivity contribution in [3.8, 4) is 0 Å². The number of aryl methyl sites for hydroxylation is 4. The molecule has 0 atom stereocenters. The highest BCUT2D eigenvalue weighted by atomic mass is 16.5. The zero-order chi connectivity index (χ0) is 18.1. The summed E-state index contributed by atoms with van der Waals surface area (Å²) in [6, 6.07) is 3.53. The number of hydrogen-bond donors (Lipinski definition) is 0. The van der Waals surface area contributed by atoms with Crippen LogP contribution in [-0.2, 0) is 20.0 Å². The van der Waals surface area contributed by atoms with E-state index in [1.54, 1.807) is 22.7 Å². The van der Waals surface area contributed by atoms with Crippen LogP contribution in [-0.4, -0.2) is 32.8 Å². The second kappa shape index (κ2) is 6.58. The van der Waals surface area contributed by atoms with Gasteiger partial charge in [0.1, 0.15) is 11.5 Å². The predicted molar refractivity (Wildman–Crippen MR) is 91.2 cm³/mol. The average Bonchev–Trinajstić information content (AvgIpc) is 3.23. The summed E-state index contributed by atoms with van der Waals surface area (Å²) in [5.74, 6) is 1.65. The summed E-state index contributed by atoms with van der Waals surface area (Å²) in [5.41, 5.74) is 3.76. The summed E-state index contributed by atoms with van der Waals surface area (Å²) in [7, 11) is 3.62. The first-order valence-corrected chi connectivity index (χ1v) is 8.10. The number of carbonyl (C=O) groups excluding carboxylic acids is 1. The van der Waals surface area contributed by atoms with Gasteiger partial charge in [-0.25, -0.2) is 0 Å². The predicted octanol–water partition coefficient (Wildman–Crippen LogP) is 2.79. The maximum Gasteiger partial charge on any atom is 0.289 e. The Bertz CT molecular complexity index is 884. The number of hydrogen-bond acceptors (Lipinski definition) is 5. The Labute approximate surface area is 146 Å². The molecule has 0 aliphatic rings. The molecule has 3 aromatic rings. The molecule has 0 spiro atoms. The van der Waals surface area contributed by atoms with Crippen LogP contribution in [0.15, 0.2) is 27.3 Å². The quantitative estimate of drug-likeness (QED) is 0.712. The van der Waals surface area contributed by atoms with E-state index in [-0.39, 0.29) is 5.91 Å². The molecule has 0 fully saturated rings. The van der Waals surface area contributed by atoms with E-state index in [9.17, 15) is 4.79 Å². The van der Waals surface area contributed by atoms with Crippen molar-refractivity contribution in [2.24, 2.45) is 7.05 Å². The molecule has 0 unspecified atom stereocenters. The third kappa shape index (κ3) is 3.50. The van der Waals surface area contributed by atoms with Gasteiger partial charge < -0.3 is 13.8 Å². The lowest BCUT2D eigenvalue weighted by molar-refractivity contribution is 0.0751. The van der Waals surface area contributed by atoms with Crippen LogP contribution in [0.1, 0.15) is 44.6 Å². The van der Waals surface area contributed by atoms with E-state index in [1.807, 2.05) is 40.1 Å². The van der Waals surface area contributed by atoms with E-state index in [0.29, 0.717) is 24.5 Å². The van der Waals surface area contributed by atoms with Crippen molar-refractivity contribution in [1.82, 2.24) is 19.8 Å². The van der Waals surface area contributed by atoms with Crippen LogP contribution >= 0.6 is 0 Å². The van der Waals surface area contributed by atoms with Crippen LogP contribution in [0, 0.1) is 20.8 Å². The number of carbonyl (C=O) groups is 1. The molecule has 3 heterocycles. The molecule has 3 aromatic heterocycles. The van der Waals surface area contributed by atoms with Gasteiger partial charge in [-0.3, -0.25) is 9.48 Å². The molecule has 7 nitrogen and oxygen atoms in total. The lowest BCUT2D eigenvalue weighted by Crippen LogP contribution is -2.25. The molecule has 0 radical (unpaired) electrons. The lowest BCUT2D eigenvalue weighted by atomic mass is 10.1. The monoisotopic (exact) mass is 342 g/mol. The highest BCUT2D eigenvalue weighted by molar-refractivity contribution is 5.91. The molecule has 0 aliphatic carbocycles. The van der Waals surface area contributed by atoms with Gasteiger partial charge in [-0.05, 0) is 32.9 Å². The standard InChI is InChI=1S/C18H22N4O3/c1-11-14(10-22(5)19-11)9-21(4)18(23)17-7-6-15(24-17)8-16-12(2)20-25-13(16)3/h6-7,10H,8-9H2,1-5H3. The molecule has 7 heteroatoms. The summed E-state index contributed by atoms with van der Waals surface area (Å²) in [6.07, 6.45) is 2.48. The van der Waals surface area contributed by atoms with Gasteiger partial charge in [-0.2, -0.15) is 5.10 Å². The summed E-state index contributed by atoms with van der Waals surface area (Å²) in [6.45, 7) is 6.18. The molecule has 0 saturated heterocycles. The van der Waals surface area contributed by atoms with E-state index >= 15 is 0 Å². The summed E-state index contributed by atoms with van der Waals surface area (Å²) in [5, 5.41) is 8.24. The summed E-state index contributed by atoms with van der Waals surface area (Å²) >= 11 is 0. The number of nitrogens with zero attached hydrogens (tertiary/aromatic N) is 4. The van der Waals surface area contributed by atoms with Crippen LogP contribution in [0.2, 0.25) is 0 Å². The van der Waals surface area contributed by atoms with Crippen molar-refractivity contribution >= 4 is 5.91 Å². The SMILES string of the molecule is Cc1nn(C)cc1CN(C)C(=O)c1ccc(Cc2c(C)noc2C)o1. The Hall–Kier alpha value is -2.83. The molecule has 25 heavy (non-hydrogen) atoms. The van der Waals surface area contributed by atoms with Gasteiger partial charge in [0.15, 0.2) is 5.76 Å². The molecule has 0 aliphatic heterocycles. The number of rotatable bonds is 5. The van der Waals surface area contributed by atoms with Crippen LogP contribution in [0.4, 0.5) is 0 Å². The average molecular weight is 342 g/mol. The third-order valence-corrected chi connectivity index (χ3v) is 4.27. The number of furan rings is 1. The summed E-state index contributed by atoms with van der Waals surface area (Å²) < 4.78 is 12.7. The van der Waals surface area contributed by atoms with Crippen LogP contribution in [0.3, 0.4) is 0 Å². The van der Waals surface area contributed by atoms with Gasteiger partial charge in [-0.1, -0.05) is 5.16 Å². The molecular formula is C18H22N4O3. The van der Waals surface area contributed by atoms with Gasteiger partial charge in [-0.15, -0.1) is 0 Å². The van der Waals surface area contributed by atoms with E-state index in [0.717, 1.165) is 28.3 Å². The van der Waals surface area contributed by atoms with Crippen molar-refractivity contribution in [1.29, 1.82) is 0 Å². The third-order valence-electron chi connectivity index (χ3n) is 4.27. The van der Waals surface area contributed by atoms with Crippen LogP contribution in [0.25, 0.3) is 0 Å². The van der Waals surface area contributed by atoms with Crippen molar-refractivity contribution in [3.63, 3.8) is 0 Å². The second-order valence-electron chi connectivity index (χ2n) is 6.32. The normalized spacial score (nSPS) is 11.1. The van der Waals surface area contributed by atoms with Crippen molar-refractivity contribution in [3.05, 3.63) is 58.1 Å². The fraction of sp³-hybridized carbons (Fsp3) is 0.389. The van der Waals surface area contributed by atoms with Crippen LogP contribution in [0.5, 0.6) is 0 Å². The topological polar surface area (TPSA) is 77.3 Å². The molecule has 1 amide bonds. The van der Waals surface area contributed by atoms with E-state index in [4.69, 9.17) is 8.94 Å². The maximum absolute atomic E-state index is 12.6. The first-order valence-electron chi connectivity index (χ1n) is 8.10. The first kappa shape index (κ1) is 17.0. The van der Waals surface area contributed by atoms with Gasteiger partial charge in [0.2, 0.25) is 0 Å². The number of amides is 1. The smallest absolute Gasteiger partial charge is 0.289 e. The Morgan fingerprint density at radius 2 is 2.00 bits per heavy atom. The minimum Gasteiger partial charge on any atom is -0.456 e. The first-order chi connectivity index (χ1) is 11.8. The molecule has 0 aromatic carbocycles. The van der Waals surface area contributed by atoms with Gasteiger partial charge in [0.25, 0.3) is 5.91 Å². The highest BCUT2D eigenvalue weighted by Gasteiger charge is 2.19. The second-order valence-corrected chi connectivity index (χ2v) is 6.32. The molecule has 3 rings (SSSR count). The Kier molecular flexibility index (Phi) is 4.48. The van der Waals surface area contributed by atoms with Crippen LogP contribution < -0.4 is 0 Å². The molecule has 0 bridgehead atoms. The Balaban J connectivity index is 1.70. The highest BCUT2D eigenvalue weighted by Crippen LogP contribution is 2.20. The van der Waals surface area contributed by atoms with Gasteiger partial charge >= 0.3 is 0 Å². The van der Waals surface area contributed by atoms with E-state index < -0.39 is 0 Å². The van der Waals surface area contributed by atoms with Crippen molar-refractivity contribution < 1.29 is 13.7 Å². The molecular weight excluding hydrogens is 320 g/mol. The molecule has 0 saturated carbocycles.